The van der Waals surface area contributed by atoms with E-state index in [1.54, 1.807) is 0 Å². The van der Waals surface area contributed by atoms with Crippen LogP contribution in [0, 0.1) is 0 Å². The average Bonchev–Trinajstić information content (AvgIpc) is 1.80. The van der Waals surface area contributed by atoms with Crippen molar-refractivity contribution in [1.82, 2.24) is 0 Å². The standard InChI is InChI=1S/C7H15NO/c1-4-5-6-9-8-7(2)3/h4-6H2,1-3H3. The van der Waals surface area contributed by atoms with E-state index in [9.17, 15) is 0 Å². The average molecular weight is 129 g/mol. The molecule has 0 N–H and O–H groups in total. The second-order valence-electron chi connectivity index (χ2n) is 2.23. The summed E-state index contributed by atoms with van der Waals surface area (Å²) in [5.74, 6) is 0. The van der Waals surface area contributed by atoms with E-state index in [1.807, 2.05) is 13.8 Å². The number of unbranched alkanes of at least 4 members (excludes halogenated alkanes) is 1. The van der Waals surface area contributed by atoms with Crippen molar-refractivity contribution in [3.63, 3.8) is 0 Å². The molecule has 0 unspecified atom stereocenters. The van der Waals surface area contributed by atoms with Gasteiger partial charge in [-0.2, -0.15) is 0 Å². The summed E-state index contributed by atoms with van der Waals surface area (Å²) in [5, 5.41) is 3.78. The molecule has 0 aliphatic rings. The zero-order valence-corrected chi connectivity index (χ0v) is 6.48. The topological polar surface area (TPSA) is 21.6 Å². The summed E-state index contributed by atoms with van der Waals surface area (Å²) in [5.41, 5.74) is 0.978. The minimum Gasteiger partial charge on any atom is -0.396 e. The van der Waals surface area contributed by atoms with Crippen molar-refractivity contribution in [2.45, 2.75) is 33.6 Å². The van der Waals surface area contributed by atoms with Crippen molar-refractivity contribution < 1.29 is 4.84 Å². The van der Waals surface area contributed by atoms with Crippen molar-refractivity contribution in [3.05, 3.63) is 0 Å². The largest absolute Gasteiger partial charge is 0.396 e. The van der Waals surface area contributed by atoms with Crippen LogP contribution in [0.4, 0.5) is 0 Å². The van der Waals surface area contributed by atoms with Crippen molar-refractivity contribution in [2.24, 2.45) is 5.16 Å². The van der Waals surface area contributed by atoms with Gasteiger partial charge in [0.25, 0.3) is 0 Å². The molecule has 54 valence electrons. The highest BCUT2D eigenvalue weighted by Crippen LogP contribution is 1.88. The molecule has 0 fully saturated rings. The second-order valence-corrected chi connectivity index (χ2v) is 2.23. The van der Waals surface area contributed by atoms with Gasteiger partial charge in [-0.05, 0) is 20.3 Å². The highest BCUT2D eigenvalue weighted by atomic mass is 16.6. The fourth-order valence-corrected chi connectivity index (χ4v) is 0.384. The Hall–Kier alpha value is -0.530. The van der Waals surface area contributed by atoms with Gasteiger partial charge < -0.3 is 4.84 Å². The van der Waals surface area contributed by atoms with Crippen LogP contribution in [0.25, 0.3) is 0 Å². The predicted molar refractivity (Wildman–Crippen MR) is 39.6 cm³/mol. The molecular formula is C7H15NO. The smallest absolute Gasteiger partial charge is 0.117 e. The molecule has 0 spiro atoms. The van der Waals surface area contributed by atoms with Crippen LogP contribution >= 0.6 is 0 Å². The fourth-order valence-electron chi connectivity index (χ4n) is 0.384. The monoisotopic (exact) mass is 129 g/mol. The van der Waals surface area contributed by atoms with E-state index in [4.69, 9.17) is 4.84 Å². The summed E-state index contributed by atoms with van der Waals surface area (Å²) in [6, 6.07) is 0. The van der Waals surface area contributed by atoms with E-state index >= 15 is 0 Å². The Morgan fingerprint density at radius 1 is 1.44 bits per heavy atom. The molecule has 0 saturated heterocycles. The Morgan fingerprint density at radius 3 is 2.56 bits per heavy atom. The fraction of sp³-hybridized carbons (Fsp3) is 0.857. The maximum atomic E-state index is 4.92. The Balaban J connectivity index is 3.00. The molecule has 0 heterocycles. The lowest BCUT2D eigenvalue weighted by molar-refractivity contribution is 0.141. The SMILES string of the molecule is CCCCON=C(C)C. The van der Waals surface area contributed by atoms with Crippen LogP contribution in [-0.2, 0) is 4.84 Å². The van der Waals surface area contributed by atoms with Crippen LogP contribution in [0.2, 0.25) is 0 Å². The molecule has 9 heavy (non-hydrogen) atoms. The molecule has 0 atom stereocenters. The van der Waals surface area contributed by atoms with Crippen LogP contribution in [0.15, 0.2) is 5.16 Å². The molecule has 2 nitrogen and oxygen atoms in total. The van der Waals surface area contributed by atoms with Gasteiger partial charge in [0.1, 0.15) is 6.61 Å². The first-order valence-corrected chi connectivity index (χ1v) is 3.40. The summed E-state index contributed by atoms with van der Waals surface area (Å²) in [7, 11) is 0. The van der Waals surface area contributed by atoms with Gasteiger partial charge in [-0.15, -0.1) is 0 Å². The summed E-state index contributed by atoms with van der Waals surface area (Å²) in [6.07, 6.45) is 2.26. The third-order valence-electron chi connectivity index (χ3n) is 0.836. The van der Waals surface area contributed by atoms with Crippen molar-refractivity contribution in [1.29, 1.82) is 0 Å². The Kier molecular flexibility index (Phi) is 5.27. The number of nitrogens with zero attached hydrogens (tertiary/aromatic N) is 1. The van der Waals surface area contributed by atoms with Crippen molar-refractivity contribution in [2.75, 3.05) is 6.61 Å². The molecule has 2 heteroatoms. The van der Waals surface area contributed by atoms with Gasteiger partial charge >= 0.3 is 0 Å². The van der Waals surface area contributed by atoms with Gasteiger partial charge in [-0.25, -0.2) is 0 Å². The maximum absolute atomic E-state index is 4.92. The molecule has 0 aromatic carbocycles. The number of rotatable bonds is 4. The Bertz CT molecular complexity index is 84.9. The number of hydrogen-bond acceptors (Lipinski definition) is 2. The van der Waals surface area contributed by atoms with E-state index in [-0.39, 0.29) is 0 Å². The molecule has 0 aliphatic carbocycles. The summed E-state index contributed by atoms with van der Waals surface area (Å²) in [6.45, 7) is 6.73. The van der Waals surface area contributed by atoms with Crippen LogP contribution in [-0.4, -0.2) is 12.3 Å². The minimum absolute atomic E-state index is 0.752. The highest BCUT2D eigenvalue weighted by Gasteiger charge is 1.81. The zero-order chi connectivity index (χ0) is 7.11. The summed E-state index contributed by atoms with van der Waals surface area (Å²) >= 11 is 0. The van der Waals surface area contributed by atoms with Gasteiger partial charge in [-0.1, -0.05) is 18.5 Å². The van der Waals surface area contributed by atoms with Gasteiger partial charge in [0.15, 0.2) is 0 Å². The van der Waals surface area contributed by atoms with Gasteiger partial charge in [0.2, 0.25) is 0 Å². The molecule has 0 saturated carbocycles. The lowest BCUT2D eigenvalue weighted by Crippen LogP contribution is -1.89. The maximum Gasteiger partial charge on any atom is 0.117 e. The van der Waals surface area contributed by atoms with Crippen LogP contribution in [0.3, 0.4) is 0 Å². The van der Waals surface area contributed by atoms with E-state index < -0.39 is 0 Å². The third-order valence-corrected chi connectivity index (χ3v) is 0.836. The van der Waals surface area contributed by atoms with E-state index in [0.717, 1.165) is 25.2 Å². The normalized spacial score (nSPS) is 8.78. The highest BCUT2D eigenvalue weighted by molar-refractivity contribution is 5.78. The van der Waals surface area contributed by atoms with Crippen LogP contribution < -0.4 is 0 Å². The quantitative estimate of drug-likeness (QED) is 0.324. The molecule has 0 rings (SSSR count). The molecular weight excluding hydrogens is 114 g/mol. The summed E-state index contributed by atoms with van der Waals surface area (Å²) in [4.78, 5) is 4.92. The molecule has 0 aromatic heterocycles. The molecule has 0 aliphatic heterocycles. The predicted octanol–water partition coefficient (Wildman–Crippen LogP) is 2.20. The van der Waals surface area contributed by atoms with Gasteiger partial charge in [-0.3, -0.25) is 0 Å². The summed E-state index contributed by atoms with van der Waals surface area (Å²) < 4.78 is 0. The van der Waals surface area contributed by atoms with E-state index in [1.165, 1.54) is 0 Å². The first-order valence-electron chi connectivity index (χ1n) is 3.40. The molecule has 0 aromatic rings. The minimum atomic E-state index is 0.752. The first kappa shape index (κ1) is 8.47. The van der Waals surface area contributed by atoms with Crippen molar-refractivity contribution >= 4 is 5.71 Å². The first-order chi connectivity index (χ1) is 4.27. The van der Waals surface area contributed by atoms with Crippen LogP contribution in [0.5, 0.6) is 0 Å². The van der Waals surface area contributed by atoms with E-state index in [2.05, 4.69) is 12.1 Å². The lowest BCUT2D eigenvalue weighted by Gasteiger charge is -1.95. The van der Waals surface area contributed by atoms with Crippen molar-refractivity contribution in [3.8, 4) is 0 Å². The number of oxime groups is 1. The zero-order valence-electron chi connectivity index (χ0n) is 6.48. The number of hydrogen-bond donors (Lipinski definition) is 0. The second kappa shape index (κ2) is 5.60. The third kappa shape index (κ3) is 7.47. The Morgan fingerprint density at radius 2 is 2.11 bits per heavy atom. The van der Waals surface area contributed by atoms with Gasteiger partial charge in [0.05, 0.1) is 5.71 Å². The van der Waals surface area contributed by atoms with Crippen LogP contribution in [0.1, 0.15) is 33.6 Å². The lowest BCUT2D eigenvalue weighted by atomic mass is 10.4. The molecule has 0 amide bonds. The van der Waals surface area contributed by atoms with E-state index in [0.29, 0.717) is 0 Å². The Labute approximate surface area is 56.9 Å². The molecule has 0 radical (unpaired) electrons. The molecule has 0 bridgehead atoms. The van der Waals surface area contributed by atoms with Gasteiger partial charge in [0, 0.05) is 0 Å².